The molecule has 3 rings (SSSR count). The van der Waals surface area contributed by atoms with Crippen molar-refractivity contribution in [3.8, 4) is 11.5 Å². The van der Waals surface area contributed by atoms with Gasteiger partial charge in [0.05, 0.1) is 6.54 Å². The van der Waals surface area contributed by atoms with Crippen LogP contribution in [0.4, 0.5) is 11.4 Å². The van der Waals surface area contributed by atoms with Crippen molar-refractivity contribution in [2.24, 2.45) is 0 Å². The standard InChI is InChI=1S/C23H24N2O3/c1-25(20-8-4-2-5-9-20)23(26)18-24-19-12-14-22(15-13-19)28-17-16-27-21-10-6-3-7-11-21/h2-15,24H,16-18H2,1H3. The molecule has 0 fully saturated rings. The van der Waals surface area contributed by atoms with Gasteiger partial charge in [-0.1, -0.05) is 36.4 Å². The number of anilines is 2. The molecule has 5 heteroatoms. The molecule has 0 aliphatic rings. The molecule has 0 unspecified atom stereocenters. The van der Waals surface area contributed by atoms with Crippen LogP contribution in [0.2, 0.25) is 0 Å². The Kier molecular flexibility index (Phi) is 6.90. The minimum absolute atomic E-state index is 0.00964. The molecule has 0 bridgehead atoms. The van der Waals surface area contributed by atoms with Crippen LogP contribution in [0.1, 0.15) is 0 Å². The van der Waals surface area contributed by atoms with Gasteiger partial charge in [0.2, 0.25) is 5.91 Å². The summed E-state index contributed by atoms with van der Waals surface area (Å²) < 4.78 is 11.3. The summed E-state index contributed by atoms with van der Waals surface area (Å²) in [5.74, 6) is 1.58. The van der Waals surface area contributed by atoms with E-state index in [2.05, 4.69) is 5.32 Å². The van der Waals surface area contributed by atoms with Crippen molar-refractivity contribution < 1.29 is 14.3 Å². The highest BCUT2D eigenvalue weighted by Gasteiger charge is 2.10. The molecule has 3 aromatic carbocycles. The van der Waals surface area contributed by atoms with Gasteiger partial charge >= 0.3 is 0 Å². The van der Waals surface area contributed by atoms with E-state index in [1.165, 1.54) is 0 Å². The predicted molar refractivity (Wildman–Crippen MR) is 112 cm³/mol. The summed E-state index contributed by atoms with van der Waals surface area (Å²) in [6.07, 6.45) is 0. The van der Waals surface area contributed by atoms with Crippen molar-refractivity contribution in [3.05, 3.63) is 84.9 Å². The number of carbonyl (C=O) groups excluding carboxylic acids is 1. The van der Waals surface area contributed by atoms with E-state index in [-0.39, 0.29) is 12.5 Å². The molecule has 1 amide bonds. The average molecular weight is 376 g/mol. The van der Waals surface area contributed by atoms with Gasteiger partial charge in [-0.05, 0) is 48.5 Å². The molecular weight excluding hydrogens is 352 g/mol. The molecular formula is C23H24N2O3. The van der Waals surface area contributed by atoms with Gasteiger partial charge < -0.3 is 19.7 Å². The van der Waals surface area contributed by atoms with Crippen LogP contribution in [0.15, 0.2) is 84.9 Å². The number of nitrogens with zero attached hydrogens (tertiary/aromatic N) is 1. The fourth-order valence-electron chi connectivity index (χ4n) is 2.60. The van der Waals surface area contributed by atoms with E-state index in [9.17, 15) is 4.79 Å². The molecule has 0 saturated heterocycles. The number of benzene rings is 3. The first kappa shape index (κ1) is 19.3. The monoisotopic (exact) mass is 376 g/mol. The fraction of sp³-hybridized carbons (Fsp3) is 0.174. The van der Waals surface area contributed by atoms with E-state index < -0.39 is 0 Å². The van der Waals surface area contributed by atoms with E-state index in [1.807, 2.05) is 84.9 Å². The Labute approximate surface area is 165 Å². The predicted octanol–water partition coefficient (Wildman–Crippen LogP) is 4.22. The molecule has 0 spiro atoms. The number of hydrogen-bond acceptors (Lipinski definition) is 4. The van der Waals surface area contributed by atoms with Crippen LogP contribution in [-0.2, 0) is 4.79 Å². The lowest BCUT2D eigenvalue weighted by Crippen LogP contribution is -2.32. The minimum atomic E-state index is -0.00964. The van der Waals surface area contributed by atoms with E-state index >= 15 is 0 Å². The third-order valence-electron chi connectivity index (χ3n) is 4.18. The minimum Gasteiger partial charge on any atom is -0.490 e. The summed E-state index contributed by atoms with van der Waals surface area (Å²) in [5, 5.41) is 3.14. The van der Waals surface area contributed by atoms with Crippen LogP contribution < -0.4 is 19.7 Å². The Morgan fingerprint density at radius 3 is 1.93 bits per heavy atom. The number of carbonyl (C=O) groups is 1. The van der Waals surface area contributed by atoms with E-state index in [1.54, 1.807) is 11.9 Å². The van der Waals surface area contributed by atoms with E-state index in [0.29, 0.717) is 13.2 Å². The Bertz CT molecular complexity index is 852. The summed E-state index contributed by atoms with van der Waals surface area (Å²) in [6.45, 7) is 1.16. The zero-order valence-corrected chi connectivity index (χ0v) is 15.9. The van der Waals surface area contributed by atoms with Gasteiger partial charge in [0.15, 0.2) is 0 Å². The fourth-order valence-corrected chi connectivity index (χ4v) is 2.60. The summed E-state index contributed by atoms with van der Waals surface area (Å²) in [4.78, 5) is 13.9. The number of amides is 1. The summed E-state index contributed by atoms with van der Waals surface area (Å²) in [7, 11) is 1.77. The Hall–Kier alpha value is -3.47. The maximum atomic E-state index is 12.3. The number of hydrogen-bond donors (Lipinski definition) is 1. The summed E-state index contributed by atoms with van der Waals surface area (Å²) in [6, 6.07) is 26.7. The van der Waals surface area contributed by atoms with Gasteiger partial charge in [0.1, 0.15) is 24.7 Å². The van der Waals surface area contributed by atoms with Crippen molar-refractivity contribution in [3.63, 3.8) is 0 Å². The van der Waals surface area contributed by atoms with Crippen LogP contribution in [0.5, 0.6) is 11.5 Å². The van der Waals surface area contributed by atoms with Crippen LogP contribution in [-0.4, -0.2) is 32.7 Å². The van der Waals surface area contributed by atoms with Gasteiger partial charge in [0, 0.05) is 18.4 Å². The first-order valence-electron chi connectivity index (χ1n) is 9.18. The molecule has 0 saturated carbocycles. The molecule has 0 atom stereocenters. The number of rotatable bonds is 9. The largest absolute Gasteiger partial charge is 0.490 e. The van der Waals surface area contributed by atoms with Crippen LogP contribution >= 0.6 is 0 Å². The van der Waals surface area contributed by atoms with Crippen molar-refractivity contribution in [2.75, 3.05) is 37.0 Å². The number of likely N-dealkylation sites (N-methyl/N-ethyl adjacent to an activating group) is 1. The Morgan fingerprint density at radius 1 is 0.786 bits per heavy atom. The molecule has 0 radical (unpaired) electrons. The third-order valence-corrected chi connectivity index (χ3v) is 4.18. The van der Waals surface area contributed by atoms with Gasteiger partial charge in [0.25, 0.3) is 0 Å². The Balaban J connectivity index is 1.40. The van der Waals surface area contributed by atoms with Crippen LogP contribution in [0.25, 0.3) is 0 Å². The van der Waals surface area contributed by atoms with Crippen molar-refractivity contribution in [1.82, 2.24) is 0 Å². The lowest BCUT2D eigenvalue weighted by atomic mass is 10.3. The third kappa shape index (κ3) is 5.77. The maximum Gasteiger partial charge on any atom is 0.246 e. The molecule has 5 nitrogen and oxygen atoms in total. The van der Waals surface area contributed by atoms with Crippen molar-refractivity contribution in [2.45, 2.75) is 0 Å². The number of nitrogens with one attached hydrogen (secondary N) is 1. The second-order valence-electron chi connectivity index (χ2n) is 6.18. The first-order valence-corrected chi connectivity index (χ1v) is 9.18. The van der Waals surface area contributed by atoms with Gasteiger partial charge in [-0.2, -0.15) is 0 Å². The normalized spacial score (nSPS) is 10.2. The molecule has 28 heavy (non-hydrogen) atoms. The zero-order valence-electron chi connectivity index (χ0n) is 15.9. The molecule has 3 aromatic rings. The van der Waals surface area contributed by atoms with Crippen LogP contribution in [0, 0.1) is 0 Å². The average Bonchev–Trinajstić information content (AvgIpc) is 2.76. The molecule has 0 heterocycles. The van der Waals surface area contributed by atoms with E-state index in [4.69, 9.17) is 9.47 Å². The summed E-state index contributed by atoms with van der Waals surface area (Å²) >= 11 is 0. The van der Waals surface area contributed by atoms with Crippen molar-refractivity contribution >= 4 is 17.3 Å². The lowest BCUT2D eigenvalue weighted by Gasteiger charge is -2.18. The summed E-state index contributed by atoms with van der Waals surface area (Å²) in [5.41, 5.74) is 1.73. The molecule has 0 aromatic heterocycles. The van der Waals surface area contributed by atoms with E-state index in [0.717, 1.165) is 22.9 Å². The highest BCUT2D eigenvalue weighted by atomic mass is 16.5. The highest BCUT2D eigenvalue weighted by Crippen LogP contribution is 2.16. The number of ether oxygens (including phenoxy) is 2. The second kappa shape index (κ2) is 10.0. The van der Waals surface area contributed by atoms with Gasteiger partial charge in [-0.15, -0.1) is 0 Å². The molecule has 0 aliphatic heterocycles. The van der Waals surface area contributed by atoms with Crippen LogP contribution in [0.3, 0.4) is 0 Å². The first-order chi connectivity index (χ1) is 13.7. The lowest BCUT2D eigenvalue weighted by molar-refractivity contribution is -0.116. The van der Waals surface area contributed by atoms with Gasteiger partial charge in [-0.25, -0.2) is 0 Å². The second-order valence-corrected chi connectivity index (χ2v) is 6.18. The quantitative estimate of drug-likeness (QED) is 0.568. The highest BCUT2D eigenvalue weighted by molar-refractivity contribution is 5.95. The topological polar surface area (TPSA) is 50.8 Å². The smallest absolute Gasteiger partial charge is 0.246 e. The SMILES string of the molecule is CN(C(=O)CNc1ccc(OCCOc2ccccc2)cc1)c1ccccc1. The molecule has 0 aliphatic carbocycles. The zero-order chi connectivity index (χ0) is 19.6. The number of para-hydroxylation sites is 2. The molecule has 1 N–H and O–H groups in total. The van der Waals surface area contributed by atoms with Crippen molar-refractivity contribution in [1.29, 1.82) is 0 Å². The maximum absolute atomic E-state index is 12.3. The van der Waals surface area contributed by atoms with Gasteiger partial charge in [-0.3, -0.25) is 4.79 Å². The Morgan fingerprint density at radius 2 is 1.32 bits per heavy atom. The molecule has 144 valence electrons.